The van der Waals surface area contributed by atoms with E-state index in [1.807, 2.05) is 47.6 Å². The van der Waals surface area contributed by atoms with Crippen LogP contribution in [0.15, 0.2) is 67.0 Å². The number of carbonyl (C=O) groups excluding carboxylic acids is 1. The zero-order valence-electron chi connectivity index (χ0n) is 22.3. The number of nitrogens with zero attached hydrogens (tertiary/aromatic N) is 5. The van der Waals surface area contributed by atoms with Crippen LogP contribution in [-0.4, -0.2) is 67.9 Å². The number of amides is 1. The average molecular weight is 650 g/mol. The van der Waals surface area contributed by atoms with Crippen molar-refractivity contribution >= 4 is 45.5 Å². The van der Waals surface area contributed by atoms with Crippen molar-refractivity contribution in [3.05, 3.63) is 89.4 Å². The Morgan fingerprint density at radius 1 is 0.850 bits per heavy atom. The number of aryl methyl sites for hydroxylation is 1. The first-order chi connectivity index (χ1) is 19.5. The first-order valence-corrected chi connectivity index (χ1v) is 15.1. The summed E-state index contributed by atoms with van der Waals surface area (Å²) in [6.07, 6.45) is 5.65. The van der Waals surface area contributed by atoms with Gasteiger partial charge >= 0.3 is 5.97 Å². The highest BCUT2D eigenvalue weighted by Crippen LogP contribution is 2.27. The molecule has 1 aliphatic heterocycles. The number of aromatic nitrogens is 3. The number of carbonyl (C=O) groups is 2. The summed E-state index contributed by atoms with van der Waals surface area (Å²) in [4.78, 5) is 42.7. The summed E-state index contributed by atoms with van der Waals surface area (Å²) >= 11 is 2.34. The van der Waals surface area contributed by atoms with Crippen molar-refractivity contribution in [3.8, 4) is 11.3 Å². The van der Waals surface area contributed by atoms with Crippen molar-refractivity contribution in [2.75, 3.05) is 26.2 Å². The van der Waals surface area contributed by atoms with E-state index in [2.05, 4.69) is 56.7 Å². The zero-order valence-corrected chi connectivity index (χ0v) is 24.5. The first kappa shape index (κ1) is 28.1. The highest BCUT2D eigenvalue weighted by atomic mass is 127. The van der Waals surface area contributed by atoms with E-state index in [1.54, 1.807) is 0 Å². The van der Waals surface area contributed by atoms with Gasteiger partial charge in [0, 0.05) is 67.1 Å². The third-order valence-corrected chi connectivity index (χ3v) is 8.12. The van der Waals surface area contributed by atoms with E-state index in [4.69, 9.17) is 15.1 Å². The third kappa shape index (κ3) is 7.00. The van der Waals surface area contributed by atoms with E-state index in [0.717, 1.165) is 46.5 Å². The topological polar surface area (TPSA) is 99.5 Å². The molecule has 1 fully saturated rings. The quantitative estimate of drug-likeness (QED) is 0.140. The van der Waals surface area contributed by atoms with Gasteiger partial charge in [0.2, 0.25) is 0 Å². The predicted octanol–water partition coefficient (Wildman–Crippen LogP) is 5.38. The summed E-state index contributed by atoms with van der Waals surface area (Å²) in [6, 6.07) is 18.0. The molecule has 8 nitrogen and oxygen atoms in total. The predicted molar refractivity (Wildman–Crippen MR) is 163 cm³/mol. The van der Waals surface area contributed by atoms with Crippen LogP contribution in [0.1, 0.15) is 46.4 Å². The van der Waals surface area contributed by atoms with E-state index in [0.29, 0.717) is 43.4 Å². The molecular formula is C31H32IN5O3. The standard InChI is InChI=1S/C31H32IN5O3/c32-20-22-5-7-24(8-6-22)30-27(3-1-2-4-29(38)39)34-28-19-25(9-10-26(28)35-30)31(40)37-17-15-36(16-18-37)21-23-11-13-33-14-12-23/h5-14,19H,1-4,15-18,20-21H2,(H,38,39). The number of hydrogen-bond donors (Lipinski definition) is 1. The maximum absolute atomic E-state index is 13.4. The molecule has 0 aliphatic carbocycles. The Hall–Kier alpha value is -3.44. The van der Waals surface area contributed by atoms with Gasteiger partial charge in [-0.25, -0.2) is 9.97 Å². The molecule has 1 amide bonds. The smallest absolute Gasteiger partial charge is 0.303 e. The van der Waals surface area contributed by atoms with Crippen molar-refractivity contribution in [2.45, 2.75) is 36.7 Å². The fourth-order valence-corrected chi connectivity index (χ4v) is 5.50. The van der Waals surface area contributed by atoms with Gasteiger partial charge in [-0.1, -0.05) is 46.9 Å². The number of piperazine rings is 1. The van der Waals surface area contributed by atoms with Crippen LogP contribution in [-0.2, 0) is 22.2 Å². The second-order valence-electron chi connectivity index (χ2n) is 10.1. The van der Waals surface area contributed by atoms with E-state index >= 15 is 0 Å². The number of rotatable bonds is 10. The second-order valence-corrected chi connectivity index (χ2v) is 10.8. The molecule has 0 spiro atoms. The van der Waals surface area contributed by atoms with Gasteiger partial charge in [0.25, 0.3) is 5.91 Å². The van der Waals surface area contributed by atoms with Crippen LogP contribution in [0.4, 0.5) is 0 Å². The molecule has 4 aromatic rings. The summed E-state index contributed by atoms with van der Waals surface area (Å²) < 4.78 is 0.931. The lowest BCUT2D eigenvalue weighted by Crippen LogP contribution is -2.48. The number of pyridine rings is 1. The molecule has 2 aromatic heterocycles. The number of carboxylic acids is 1. The van der Waals surface area contributed by atoms with Gasteiger partial charge in [-0.05, 0) is 60.7 Å². The van der Waals surface area contributed by atoms with Gasteiger partial charge in [-0.15, -0.1) is 0 Å². The van der Waals surface area contributed by atoms with Crippen LogP contribution in [0.25, 0.3) is 22.3 Å². The second kappa shape index (κ2) is 13.3. The highest BCUT2D eigenvalue weighted by molar-refractivity contribution is 14.1. The Morgan fingerprint density at radius 3 is 2.30 bits per heavy atom. The lowest BCUT2D eigenvalue weighted by Gasteiger charge is -2.34. The van der Waals surface area contributed by atoms with Gasteiger partial charge < -0.3 is 10.0 Å². The van der Waals surface area contributed by atoms with E-state index < -0.39 is 5.97 Å². The maximum atomic E-state index is 13.4. The number of benzene rings is 2. The molecule has 5 rings (SSSR count). The maximum Gasteiger partial charge on any atom is 0.303 e. The molecule has 1 aliphatic rings. The number of carboxylic acid groups (broad SMARTS) is 1. The monoisotopic (exact) mass is 649 g/mol. The largest absolute Gasteiger partial charge is 0.481 e. The van der Waals surface area contributed by atoms with E-state index in [9.17, 15) is 9.59 Å². The van der Waals surface area contributed by atoms with E-state index in [1.165, 1.54) is 11.1 Å². The van der Waals surface area contributed by atoms with Crippen LogP contribution >= 0.6 is 22.6 Å². The minimum absolute atomic E-state index is 0.00809. The Balaban J connectivity index is 1.34. The normalized spacial score (nSPS) is 14.0. The van der Waals surface area contributed by atoms with Gasteiger partial charge in [-0.3, -0.25) is 19.5 Å². The van der Waals surface area contributed by atoms with Crippen molar-refractivity contribution in [1.29, 1.82) is 0 Å². The van der Waals surface area contributed by atoms with Crippen molar-refractivity contribution < 1.29 is 14.7 Å². The molecule has 0 atom stereocenters. The van der Waals surface area contributed by atoms with Crippen molar-refractivity contribution in [1.82, 2.24) is 24.8 Å². The molecule has 3 heterocycles. The fourth-order valence-electron chi connectivity index (χ4n) is 4.99. The van der Waals surface area contributed by atoms with Gasteiger partial charge in [-0.2, -0.15) is 0 Å². The van der Waals surface area contributed by atoms with Crippen LogP contribution in [0.2, 0.25) is 0 Å². The number of halogens is 1. The molecule has 0 bridgehead atoms. The van der Waals surface area contributed by atoms with Gasteiger partial charge in [0.1, 0.15) is 0 Å². The average Bonchev–Trinajstić information content (AvgIpc) is 2.99. The molecule has 206 valence electrons. The number of fused-ring (bicyclic) bond motifs is 1. The third-order valence-electron chi connectivity index (χ3n) is 7.23. The van der Waals surface area contributed by atoms with Crippen LogP contribution in [0, 0.1) is 0 Å². The Morgan fingerprint density at radius 2 is 1.60 bits per heavy atom. The molecule has 40 heavy (non-hydrogen) atoms. The van der Waals surface area contributed by atoms with Crippen molar-refractivity contribution in [2.24, 2.45) is 0 Å². The zero-order chi connectivity index (χ0) is 27.9. The number of unbranched alkanes of at least 4 members (excludes halogenated alkanes) is 1. The molecule has 1 saturated heterocycles. The van der Waals surface area contributed by atoms with E-state index in [-0.39, 0.29) is 12.3 Å². The highest BCUT2D eigenvalue weighted by Gasteiger charge is 2.23. The molecule has 0 saturated carbocycles. The number of alkyl halides is 1. The summed E-state index contributed by atoms with van der Waals surface area (Å²) in [5.41, 5.74) is 7.12. The first-order valence-electron chi connectivity index (χ1n) is 13.6. The van der Waals surface area contributed by atoms with Crippen LogP contribution in [0.3, 0.4) is 0 Å². The Kier molecular flexibility index (Phi) is 9.33. The molecule has 1 N–H and O–H groups in total. The Bertz CT molecular complexity index is 1470. The summed E-state index contributed by atoms with van der Waals surface area (Å²) in [7, 11) is 0. The lowest BCUT2D eigenvalue weighted by atomic mass is 10.0. The number of aliphatic carboxylic acids is 1. The van der Waals surface area contributed by atoms with Gasteiger partial charge in [0.05, 0.1) is 22.4 Å². The Labute approximate surface area is 247 Å². The molecule has 9 heteroatoms. The molecular weight excluding hydrogens is 617 g/mol. The van der Waals surface area contributed by atoms with Crippen LogP contribution in [0.5, 0.6) is 0 Å². The minimum atomic E-state index is -0.791. The molecule has 0 unspecified atom stereocenters. The summed E-state index contributed by atoms with van der Waals surface area (Å²) in [5.74, 6) is -0.783. The summed E-state index contributed by atoms with van der Waals surface area (Å²) in [6.45, 7) is 3.85. The lowest BCUT2D eigenvalue weighted by molar-refractivity contribution is -0.137. The van der Waals surface area contributed by atoms with Crippen molar-refractivity contribution in [3.63, 3.8) is 0 Å². The molecule has 2 aromatic carbocycles. The van der Waals surface area contributed by atoms with Crippen LogP contribution < -0.4 is 0 Å². The SMILES string of the molecule is O=C(O)CCCCc1nc2cc(C(=O)N3CCN(Cc4ccncc4)CC3)ccc2nc1-c1ccc(CI)cc1. The number of hydrogen-bond acceptors (Lipinski definition) is 6. The fraction of sp³-hybridized carbons (Fsp3) is 0.323. The summed E-state index contributed by atoms with van der Waals surface area (Å²) in [5, 5.41) is 9.04. The van der Waals surface area contributed by atoms with Gasteiger partial charge in [0.15, 0.2) is 0 Å². The minimum Gasteiger partial charge on any atom is -0.481 e. The molecule has 0 radical (unpaired) electrons.